The zero-order valence-corrected chi connectivity index (χ0v) is 21.5. The zero-order chi connectivity index (χ0) is 26.8. The SMILES string of the molecule is CCCCNc1cc(C(=O)O[C@@H](C)C(=O)OCc2ccccc2)cc(S(N)(=O)=O)c1Oc1ccccc1. The maximum Gasteiger partial charge on any atom is 0.347 e. The van der Waals surface area contributed by atoms with Gasteiger partial charge in [0.15, 0.2) is 11.9 Å². The van der Waals surface area contributed by atoms with Crippen LogP contribution in [0, 0.1) is 0 Å². The van der Waals surface area contributed by atoms with Gasteiger partial charge in [0, 0.05) is 6.54 Å². The fourth-order valence-corrected chi connectivity index (χ4v) is 4.00. The van der Waals surface area contributed by atoms with Crippen LogP contribution in [0.4, 0.5) is 5.69 Å². The molecule has 0 aliphatic carbocycles. The van der Waals surface area contributed by atoms with Crippen molar-refractivity contribution in [3.8, 4) is 11.5 Å². The number of nitrogens with one attached hydrogen (secondary N) is 1. The molecule has 3 N–H and O–H groups in total. The molecule has 10 heteroatoms. The third-order valence-electron chi connectivity index (χ3n) is 5.25. The summed E-state index contributed by atoms with van der Waals surface area (Å²) in [7, 11) is -4.31. The highest BCUT2D eigenvalue weighted by Crippen LogP contribution is 2.37. The van der Waals surface area contributed by atoms with E-state index in [0.29, 0.717) is 12.3 Å². The van der Waals surface area contributed by atoms with E-state index in [1.54, 1.807) is 42.5 Å². The number of nitrogens with two attached hydrogens (primary N) is 1. The van der Waals surface area contributed by atoms with Crippen molar-refractivity contribution in [1.29, 1.82) is 0 Å². The summed E-state index contributed by atoms with van der Waals surface area (Å²) in [5, 5.41) is 8.60. The van der Waals surface area contributed by atoms with E-state index in [4.69, 9.17) is 19.3 Å². The Morgan fingerprint density at radius 2 is 1.65 bits per heavy atom. The van der Waals surface area contributed by atoms with Gasteiger partial charge in [0.25, 0.3) is 0 Å². The lowest BCUT2D eigenvalue weighted by molar-refractivity contribution is -0.154. The Labute approximate surface area is 216 Å². The van der Waals surface area contributed by atoms with Crippen molar-refractivity contribution in [2.45, 2.75) is 44.3 Å². The predicted octanol–water partition coefficient (Wildman–Crippen LogP) is 4.63. The number of primary sulfonamides is 1. The van der Waals surface area contributed by atoms with Crippen molar-refractivity contribution < 1.29 is 32.2 Å². The van der Waals surface area contributed by atoms with Crippen LogP contribution < -0.4 is 15.2 Å². The Morgan fingerprint density at radius 1 is 1.00 bits per heavy atom. The van der Waals surface area contributed by atoms with Gasteiger partial charge >= 0.3 is 11.9 Å². The first-order chi connectivity index (χ1) is 17.7. The highest BCUT2D eigenvalue weighted by Gasteiger charge is 2.26. The molecule has 3 rings (SSSR count). The first kappa shape index (κ1) is 27.7. The molecule has 9 nitrogen and oxygen atoms in total. The molecule has 0 saturated carbocycles. The molecule has 0 aliphatic rings. The number of hydrogen-bond donors (Lipinski definition) is 2. The maximum atomic E-state index is 12.9. The topological polar surface area (TPSA) is 134 Å². The first-order valence-electron chi connectivity index (χ1n) is 11.8. The lowest BCUT2D eigenvalue weighted by Gasteiger charge is -2.18. The number of carbonyl (C=O) groups is 2. The van der Waals surface area contributed by atoms with Gasteiger partial charge in [-0.1, -0.05) is 61.9 Å². The molecule has 0 saturated heterocycles. The molecule has 0 amide bonds. The second-order valence-corrected chi connectivity index (χ2v) is 9.76. The summed E-state index contributed by atoms with van der Waals surface area (Å²) < 4.78 is 41.4. The number of unbranched alkanes of at least 4 members (excludes halogenated alkanes) is 1. The van der Waals surface area contributed by atoms with Crippen LogP contribution in [0.5, 0.6) is 11.5 Å². The van der Waals surface area contributed by atoms with Crippen molar-refractivity contribution >= 4 is 27.6 Å². The minimum Gasteiger partial charge on any atom is -0.458 e. The van der Waals surface area contributed by atoms with Gasteiger partial charge in [-0.05, 0) is 43.2 Å². The summed E-state index contributed by atoms with van der Waals surface area (Å²) in [5.41, 5.74) is 0.908. The third-order valence-corrected chi connectivity index (χ3v) is 6.16. The van der Waals surface area contributed by atoms with Gasteiger partial charge in [-0.3, -0.25) is 0 Å². The fraction of sp³-hybridized carbons (Fsp3) is 0.259. The molecular weight excluding hydrogens is 496 g/mol. The first-order valence-corrected chi connectivity index (χ1v) is 13.3. The van der Waals surface area contributed by atoms with Crippen LogP contribution in [0.3, 0.4) is 0 Å². The zero-order valence-electron chi connectivity index (χ0n) is 20.7. The Bertz CT molecular complexity index is 1310. The van der Waals surface area contributed by atoms with Crippen LogP contribution in [0.15, 0.2) is 77.7 Å². The van der Waals surface area contributed by atoms with E-state index in [9.17, 15) is 18.0 Å². The average molecular weight is 527 g/mol. The molecule has 0 aromatic heterocycles. The van der Waals surface area contributed by atoms with Gasteiger partial charge in [0.05, 0.1) is 11.3 Å². The molecular formula is C27H30N2O7S. The number of rotatable bonds is 12. The number of anilines is 1. The van der Waals surface area contributed by atoms with E-state index in [1.807, 2.05) is 25.1 Å². The number of esters is 2. The molecule has 0 heterocycles. The average Bonchev–Trinajstić information content (AvgIpc) is 2.88. The molecule has 0 aliphatic heterocycles. The molecule has 0 unspecified atom stereocenters. The molecule has 1 atom stereocenters. The van der Waals surface area contributed by atoms with Crippen LogP contribution in [0.2, 0.25) is 0 Å². The van der Waals surface area contributed by atoms with E-state index in [0.717, 1.165) is 24.5 Å². The smallest absolute Gasteiger partial charge is 0.347 e. The van der Waals surface area contributed by atoms with Crippen LogP contribution >= 0.6 is 0 Å². The summed E-state index contributed by atoms with van der Waals surface area (Å²) >= 11 is 0. The van der Waals surface area contributed by atoms with Gasteiger partial charge < -0.3 is 19.5 Å². The van der Waals surface area contributed by atoms with Crippen LogP contribution in [0.25, 0.3) is 0 Å². The molecule has 0 fully saturated rings. The summed E-state index contributed by atoms with van der Waals surface area (Å²) in [6.07, 6.45) is 0.439. The monoisotopic (exact) mass is 526 g/mol. The molecule has 0 spiro atoms. The molecule has 0 bridgehead atoms. The molecule has 0 radical (unpaired) electrons. The highest BCUT2D eigenvalue weighted by atomic mass is 32.2. The standard InChI is InChI=1S/C27H30N2O7S/c1-3-4-15-29-23-16-21(17-24(37(28,32)33)25(23)36-22-13-9-6-10-14-22)27(31)35-19(2)26(30)34-18-20-11-7-5-8-12-20/h5-14,16-17,19,29H,3-4,15,18H2,1-2H3,(H2,28,32,33)/t19-/m0/s1. The van der Waals surface area contributed by atoms with Crippen molar-refractivity contribution in [3.05, 3.63) is 83.9 Å². The lowest BCUT2D eigenvalue weighted by Crippen LogP contribution is -2.26. The summed E-state index contributed by atoms with van der Waals surface area (Å²) in [6.45, 7) is 3.89. The van der Waals surface area contributed by atoms with Crippen molar-refractivity contribution in [2.24, 2.45) is 5.14 Å². The number of ether oxygens (including phenoxy) is 3. The number of hydrogen-bond acceptors (Lipinski definition) is 8. The van der Waals surface area contributed by atoms with Crippen LogP contribution in [0.1, 0.15) is 42.6 Å². The van der Waals surface area contributed by atoms with Gasteiger partial charge in [0.1, 0.15) is 17.3 Å². The Hall–Kier alpha value is -3.89. The molecule has 196 valence electrons. The molecule has 3 aromatic carbocycles. The van der Waals surface area contributed by atoms with E-state index in [1.165, 1.54) is 13.0 Å². The summed E-state index contributed by atoms with van der Waals surface area (Å²) in [5.74, 6) is -1.32. The Morgan fingerprint density at radius 3 is 2.27 bits per heavy atom. The molecule has 3 aromatic rings. The van der Waals surface area contributed by atoms with Crippen molar-refractivity contribution in [1.82, 2.24) is 0 Å². The van der Waals surface area contributed by atoms with E-state index < -0.39 is 33.0 Å². The Kier molecular flexibility index (Phi) is 9.64. The van der Waals surface area contributed by atoms with E-state index in [2.05, 4.69) is 5.32 Å². The quantitative estimate of drug-likeness (QED) is 0.258. The highest BCUT2D eigenvalue weighted by molar-refractivity contribution is 7.89. The van der Waals surface area contributed by atoms with Gasteiger partial charge in [-0.15, -0.1) is 0 Å². The fourth-order valence-electron chi connectivity index (χ4n) is 3.30. The summed E-state index contributed by atoms with van der Waals surface area (Å²) in [4.78, 5) is 24.9. The van der Waals surface area contributed by atoms with Crippen LogP contribution in [-0.2, 0) is 30.9 Å². The minimum absolute atomic E-state index is 0.0220. The predicted molar refractivity (Wildman–Crippen MR) is 139 cm³/mol. The summed E-state index contributed by atoms with van der Waals surface area (Å²) in [6, 6.07) is 20.1. The third kappa shape index (κ3) is 8.06. The molecule has 37 heavy (non-hydrogen) atoms. The second kappa shape index (κ2) is 12.9. The second-order valence-electron chi connectivity index (χ2n) is 8.23. The number of carbonyl (C=O) groups excluding carboxylic acids is 2. The normalized spacial score (nSPS) is 11.9. The maximum absolute atomic E-state index is 12.9. The lowest BCUT2D eigenvalue weighted by atomic mass is 10.1. The Balaban J connectivity index is 1.86. The van der Waals surface area contributed by atoms with E-state index >= 15 is 0 Å². The van der Waals surface area contributed by atoms with Gasteiger partial charge in [0.2, 0.25) is 10.0 Å². The number of sulfonamides is 1. The van der Waals surface area contributed by atoms with Gasteiger partial charge in [-0.2, -0.15) is 0 Å². The number of benzene rings is 3. The van der Waals surface area contributed by atoms with Crippen molar-refractivity contribution in [2.75, 3.05) is 11.9 Å². The minimum atomic E-state index is -4.31. The largest absolute Gasteiger partial charge is 0.458 e. The van der Waals surface area contributed by atoms with Crippen molar-refractivity contribution in [3.63, 3.8) is 0 Å². The van der Waals surface area contributed by atoms with E-state index in [-0.39, 0.29) is 23.6 Å². The van der Waals surface area contributed by atoms with Gasteiger partial charge in [-0.25, -0.2) is 23.1 Å². The number of para-hydroxylation sites is 1. The van der Waals surface area contributed by atoms with Crippen LogP contribution in [-0.4, -0.2) is 33.0 Å².